The maximum Gasteiger partial charge on any atom is 0.238 e. The summed E-state index contributed by atoms with van der Waals surface area (Å²) >= 11 is 0. The molecule has 0 radical (unpaired) electrons. The summed E-state index contributed by atoms with van der Waals surface area (Å²) in [5.74, 6) is 4.57. The molecule has 0 aliphatic carbocycles. The highest BCUT2D eigenvalue weighted by atomic mass is 15.2. The quantitative estimate of drug-likeness (QED) is 0.0979. The number of benzene rings is 21. The molecular weight excluding hydrogens is 1830 g/mol. The van der Waals surface area contributed by atoms with Crippen LogP contribution in [0.1, 0.15) is 20.6 Å². The molecule has 30 aromatic rings. The van der Waals surface area contributed by atoms with E-state index in [0.29, 0.717) is 63.8 Å². The van der Waals surface area contributed by atoms with Gasteiger partial charge in [0.1, 0.15) is 0 Å². The van der Waals surface area contributed by atoms with Crippen molar-refractivity contribution in [1.82, 2.24) is 72.3 Å². The lowest BCUT2D eigenvalue weighted by molar-refractivity contribution is 0.953. The summed E-state index contributed by atoms with van der Waals surface area (Å²) in [4.78, 5) is 46.0. The van der Waals surface area contributed by atoms with Gasteiger partial charge in [0, 0.05) is 115 Å². The van der Waals surface area contributed by atoms with E-state index in [1.165, 1.54) is 0 Å². The van der Waals surface area contributed by atoms with Gasteiger partial charge in [0.15, 0.2) is 34.9 Å². The Morgan fingerprint density at radius 1 is 0.133 bits per heavy atom. The van der Waals surface area contributed by atoms with E-state index in [9.17, 15) is 0 Å². The monoisotopic (exact) mass is 1930 g/mol. The summed E-state index contributed by atoms with van der Waals surface area (Å²) in [6.45, 7) is 0. The van der Waals surface area contributed by atoms with Crippen LogP contribution in [0.2, 0.25) is 0 Å². The lowest BCUT2D eigenvalue weighted by atomic mass is 9.99. The highest BCUT2D eigenvalue weighted by Crippen LogP contribution is 2.46. The van der Waals surface area contributed by atoms with Crippen molar-refractivity contribution in [2.24, 2.45) is 0 Å². The molecule has 702 valence electrons. The van der Waals surface area contributed by atoms with E-state index < -0.39 is 18.1 Å². The minimum Gasteiger partial charge on any atom is -0.309 e. The Morgan fingerprint density at radius 3 is 0.673 bits per heavy atom. The first-order valence-electron chi connectivity index (χ1n) is 56.7. The van der Waals surface area contributed by atoms with Gasteiger partial charge in [0.25, 0.3) is 0 Å². The van der Waals surface area contributed by atoms with Crippen molar-refractivity contribution in [1.29, 1.82) is 0 Å². The Morgan fingerprint density at radius 2 is 0.347 bits per heavy atom. The van der Waals surface area contributed by atoms with Crippen LogP contribution in [0.15, 0.2) is 527 Å². The number of hydrogen-bond acceptors (Lipinski definition) is 9. The fourth-order valence-electron chi connectivity index (χ4n) is 21.1. The predicted octanol–water partition coefficient (Wildman–Crippen LogP) is 33.2. The molecule has 21 aromatic carbocycles. The topological polar surface area (TPSA) is 146 Å². The van der Waals surface area contributed by atoms with Gasteiger partial charge in [0.05, 0.1) is 86.8 Å². The predicted molar refractivity (Wildman–Crippen MR) is 614 cm³/mol. The van der Waals surface area contributed by atoms with Crippen molar-refractivity contribution >= 4 is 131 Å². The smallest absolute Gasteiger partial charge is 0.238 e. The second-order valence-electron chi connectivity index (χ2n) is 36.4. The van der Waals surface area contributed by atoms with E-state index in [4.69, 9.17) is 65.4 Å². The third kappa shape index (κ3) is 15.3. The van der Waals surface area contributed by atoms with Crippen LogP contribution in [0.3, 0.4) is 0 Å². The maximum absolute atomic E-state index is 8.90. The largest absolute Gasteiger partial charge is 0.309 e. The van der Waals surface area contributed by atoms with E-state index in [2.05, 4.69) is 123 Å². The van der Waals surface area contributed by atoms with Crippen LogP contribution in [0.4, 0.5) is 0 Å². The first kappa shape index (κ1) is 72.7. The Hall–Kier alpha value is -20.6. The average Bonchev–Trinajstić information content (AvgIpc) is 1.55. The number of fused-ring (bicyclic) bond motifs is 18. The van der Waals surface area contributed by atoms with Gasteiger partial charge in [-0.3, -0.25) is 13.7 Å². The molecule has 0 spiro atoms. The molecule has 9 aromatic heterocycles. The minimum absolute atomic E-state index is 0.104. The van der Waals surface area contributed by atoms with Gasteiger partial charge in [0.2, 0.25) is 17.8 Å². The standard InChI is InChI=1S/3C45H29N5/c1-4-15-30(16-5-1)32-19-14-20-33(27-32)44-46-43(31-17-6-2-7-18-31)47-45(48-44)50-40-26-13-11-24-36(40)38-28-41-37(29-42(38)50)35-23-10-12-25-39(35)49(41)34-21-8-3-9-22-34;1-4-14-30(15-5-1)31-24-26-33(27-25-31)44-46-43(32-16-6-2-7-17-32)47-45(48-44)50-40-23-13-11-21-36(40)38-28-41-37(29-42(38)50)35-20-10-12-22-39(35)49(41)34-18-8-3-9-19-34;1-4-16-30(17-5-1)33-22-10-11-25-36(33)44-46-43(31-18-6-2-7-19-31)47-45(48-44)50-40-27-15-13-24-35(40)38-28-41-37(29-42(38)50)34-23-12-14-26-39(34)49(41)32-20-8-3-9-21-32/h3*1-29H/i3D,8D,9D,21D,22D;3D,8D,9D,18D,19D;3D,8D,9D,20D,21D. The molecule has 0 amide bonds. The molecule has 0 bridgehead atoms. The molecular formula is C135H87N15. The van der Waals surface area contributed by atoms with Crippen molar-refractivity contribution in [3.63, 3.8) is 0 Å². The molecule has 0 saturated heterocycles. The summed E-state index contributed by atoms with van der Waals surface area (Å²) in [5, 5.41) is 10.7. The van der Waals surface area contributed by atoms with Crippen molar-refractivity contribution in [2.75, 3.05) is 0 Å². The third-order valence-corrected chi connectivity index (χ3v) is 27.8. The van der Waals surface area contributed by atoms with Crippen LogP contribution in [0, 0.1) is 0 Å². The zero-order chi connectivity index (χ0) is 112. The van der Waals surface area contributed by atoms with Crippen LogP contribution in [-0.2, 0) is 0 Å². The zero-order valence-corrected chi connectivity index (χ0v) is 79.8. The molecule has 0 N–H and O–H groups in total. The highest BCUT2D eigenvalue weighted by molar-refractivity contribution is 6.22. The first-order valence-corrected chi connectivity index (χ1v) is 49.2. The molecule has 0 unspecified atom stereocenters. The van der Waals surface area contributed by atoms with Gasteiger partial charge < -0.3 is 13.7 Å². The summed E-state index contributed by atoms with van der Waals surface area (Å²) in [6, 6.07) is 140. The Balaban J connectivity index is 0.000000116. The van der Waals surface area contributed by atoms with E-state index in [1.54, 1.807) is 13.7 Å². The first-order chi connectivity index (χ1) is 80.6. The van der Waals surface area contributed by atoms with Crippen LogP contribution < -0.4 is 0 Å². The van der Waals surface area contributed by atoms with Gasteiger partial charge >= 0.3 is 0 Å². The zero-order valence-electron chi connectivity index (χ0n) is 94.8. The molecule has 0 saturated carbocycles. The number of rotatable bonds is 15. The molecule has 0 atom stereocenters. The Labute approximate surface area is 882 Å². The van der Waals surface area contributed by atoms with Gasteiger partial charge in [-0.15, -0.1) is 0 Å². The molecule has 15 nitrogen and oxygen atoms in total. The second-order valence-corrected chi connectivity index (χ2v) is 36.4. The molecule has 0 fully saturated rings. The van der Waals surface area contributed by atoms with Crippen LogP contribution >= 0.6 is 0 Å². The van der Waals surface area contributed by atoms with Crippen LogP contribution in [-0.4, -0.2) is 72.3 Å². The minimum atomic E-state index is -0.428. The normalized spacial score (nSPS) is 13.0. The van der Waals surface area contributed by atoms with Gasteiger partial charge in [-0.25, -0.2) is 15.0 Å². The molecule has 150 heavy (non-hydrogen) atoms. The summed E-state index contributed by atoms with van der Waals surface area (Å²) in [7, 11) is 0. The number of nitrogens with zero attached hydrogens (tertiary/aromatic N) is 15. The molecule has 0 aliphatic rings. The third-order valence-electron chi connectivity index (χ3n) is 27.8. The fraction of sp³-hybridized carbons (Fsp3) is 0. The summed E-state index contributed by atoms with van der Waals surface area (Å²) in [5.41, 5.74) is 21.4. The number of hydrogen-bond donors (Lipinski definition) is 0. The SMILES string of the molecule is [2H]c1c([2H])c([2H])c(-n2c3ccccc3c3cc4c(cc32)c2ccccc2n4-c2nc(-c3ccccc3)nc(-c3ccc(-c4ccccc4)cc3)n2)c([2H])c1[2H].[2H]c1c([2H])c([2H])c(-n2c3ccccc3c3cc4c(cc32)c2ccccc2n4-c2nc(-c3ccccc3)nc(-c3cccc(-c4ccccc4)c3)n2)c([2H])c1[2H].[2H]c1c([2H])c([2H])c(-n2c3ccccc3c3cc4c(cc32)c2ccccc2n4-c2nc(-c3ccccc3)nc(-c3ccccc3-c3ccccc3)n2)c([2H])c1[2H]. The molecule has 30 rings (SSSR count). The van der Waals surface area contributed by atoms with Gasteiger partial charge in [-0.1, -0.05) is 412 Å². The Kier molecular flexibility index (Phi) is 17.9. The molecule has 15 heteroatoms. The van der Waals surface area contributed by atoms with Gasteiger partial charge in [-0.05, 0) is 148 Å². The molecule has 0 aliphatic heterocycles. The van der Waals surface area contributed by atoms with E-state index in [1.807, 2.05) is 328 Å². The maximum atomic E-state index is 8.90. The highest BCUT2D eigenvalue weighted by Gasteiger charge is 2.28. The number of para-hydroxylation sites is 9. The van der Waals surface area contributed by atoms with Crippen LogP contribution in [0.25, 0.3) is 267 Å². The van der Waals surface area contributed by atoms with Crippen molar-refractivity contribution in [3.8, 4) is 137 Å². The number of aromatic nitrogens is 15. The van der Waals surface area contributed by atoms with E-state index >= 15 is 0 Å². The Bertz CT molecular complexity index is 11400. The fourth-order valence-corrected chi connectivity index (χ4v) is 21.1. The lowest BCUT2D eigenvalue weighted by Gasteiger charge is -2.13. The van der Waals surface area contributed by atoms with Crippen molar-refractivity contribution < 1.29 is 20.6 Å². The van der Waals surface area contributed by atoms with E-state index in [0.717, 1.165) is 187 Å². The summed E-state index contributed by atoms with van der Waals surface area (Å²) < 4.78 is 140. The second kappa shape index (κ2) is 37.0. The van der Waals surface area contributed by atoms with Crippen molar-refractivity contribution in [3.05, 3.63) is 527 Å². The van der Waals surface area contributed by atoms with E-state index in [-0.39, 0.29) is 89.6 Å². The summed E-state index contributed by atoms with van der Waals surface area (Å²) in [6.07, 6.45) is 0. The van der Waals surface area contributed by atoms with Gasteiger partial charge in [-0.2, -0.15) is 29.9 Å². The van der Waals surface area contributed by atoms with Crippen molar-refractivity contribution in [2.45, 2.75) is 0 Å². The average molecular weight is 1930 g/mol. The lowest BCUT2D eigenvalue weighted by Crippen LogP contribution is -2.06. The van der Waals surface area contributed by atoms with Crippen LogP contribution in [0.5, 0.6) is 0 Å². The molecule has 9 heterocycles.